The summed E-state index contributed by atoms with van der Waals surface area (Å²) < 4.78 is 4.39. The average Bonchev–Trinajstić information content (AvgIpc) is 2.90. The molecule has 0 atom stereocenters. The van der Waals surface area contributed by atoms with Crippen LogP contribution in [0, 0.1) is 18.6 Å². The Morgan fingerprint density at radius 2 is 1.92 bits per heavy atom. The number of nitrogens with one attached hydrogen (secondary N) is 1. The van der Waals surface area contributed by atoms with Crippen molar-refractivity contribution in [3.05, 3.63) is 57.6 Å². The number of carbonyl (C=O) groups is 1. The SMILES string of the molecule is CNC(=O)c1ccc(CN(C)Cn2c(=S)nc3nc(C)cc(C)n32)cc1. The van der Waals surface area contributed by atoms with E-state index < -0.39 is 0 Å². The van der Waals surface area contributed by atoms with E-state index in [9.17, 15) is 4.79 Å². The van der Waals surface area contributed by atoms with Crippen molar-refractivity contribution in [1.82, 2.24) is 29.4 Å². The van der Waals surface area contributed by atoms with Crippen molar-refractivity contribution in [1.29, 1.82) is 0 Å². The van der Waals surface area contributed by atoms with Gasteiger partial charge in [-0.2, -0.15) is 4.98 Å². The van der Waals surface area contributed by atoms with Crippen LogP contribution in [0.3, 0.4) is 0 Å². The molecule has 0 radical (unpaired) electrons. The zero-order chi connectivity index (χ0) is 18.8. The van der Waals surface area contributed by atoms with Crippen LogP contribution < -0.4 is 5.32 Å². The van der Waals surface area contributed by atoms with Gasteiger partial charge in [-0.25, -0.2) is 14.2 Å². The molecule has 3 rings (SSSR count). The van der Waals surface area contributed by atoms with E-state index >= 15 is 0 Å². The third-order valence-electron chi connectivity index (χ3n) is 4.15. The second kappa shape index (κ2) is 7.35. The second-order valence-corrected chi connectivity index (χ2v) is 6.74. The van der Waals surface area contributed by atoms with Gasteiger partial charge in [0.25, 0.3) is 11.7 Å². The lowest BCUT2D eigenvalue weighted by atomic mass is 10.1. The maximum atomic E-state index is 11.6. The standard InChI is InChI=1S/C18H22N6OS/c1-12-9-13(2)24-17(20-12)21-18(26)23(24)11-22(4)10-14-5-7-15(8-6-14)16(25)19-3/h5-9H,10-11H2,1-4H3,(H,19,25). The van der Waals surface area contributed by atoms with Gasteiger partial charge in [0.1, 0.15) is 0 Å². The summed E-state index contributed by atoms with van der Waals surface area (Å²) in [6.07, 6.45) is 0. The lowest BCUT2D eigenvalue weighted by Gasteiger charge is -2.19. The molecule has 0 fully saturated rings. The van der Waals surface area contributed by atoms with Crippen molar-refractivity contribution < 1.29 is 4.79 Å². The van der Waals surface area contributed by atoms with Crippen molar-refractivity contribution in [2.45, 2.75) is 27.1 Å². The zero-order valence-electron chi connectivity index (χ0n) is 15.4. The molecule has 0 aliphatic carbocycles. The van der Waals surface area contributed by atoms with Gasteiger partial charge < -0.3 is 5.32 Å². The number of carbonyl (C=O) groups excluding carboxylic acids is 1. The van der Waals surface area contributed by atoms with Crippen LogP contribution in [0.25, 0.3) is 5.78 Å². The largest absolute Gasteiger partial charge is 0.355 e. The molecular weight excluding hydrogens is 348 g/mol. The van der Waals surface area contributed by atoms with Crippen LogP contribution in [0.1, 0.15) is 27.3 Å². The molecule has 0 bridgehead atoms. The maximum absolute atomic E-state index is 11.6. The molecule has 3 aromatic rings. The topological polar surface area (TPSA) is 67.5 Å². The summed E-state index contributed by atoms with van der Waals surface area (Å²) in [5.41, 5.74) is 3.73. The lowest BCUT2D eigenvalue weighted by Crippen LogP contribution is -2.25. The van der Waals surface area contributed by atoms with E-state index in [0.29, 0.717) is 22.8 Å². The fourth-order valence-corrected chi connectivity index (χ4v) is 3.20. The van der Waals surface area contributed by atoms with Crippen LogP contribution in [0.5, 0.6) is 0 Å². The predicted molar refractivity (Wildman–Crippen MR) is 103 cm³/mol. The highest BCUT2D eigenvalue weighted by atomic mass is 32.1. The highest BCUT2D eigenvalue weighted by molar-refractivity contribution is 7.71. The summed E-state index contributed by atoms with van der Waals surface area (Å²) in [5.74, 6) is 0.538. The molecule has 7 nitrogen and oxygen atoms in total. The number of fused-ring (bicyclic) bond motifs is 1. The van der Waals surface area contributed by atoms with Gasteiger partial charge in [-0.05, 0) is 56.9 Å². The van der Waals surface area contributed by atoms with Crippen molar-refractivity contribution >= 4 is 23.9 Å². The highest BCUT2D eigenvalue weighted by Crippen LogP contribution is 2.11. The van der Waals surface area contributed by atoms with Crippen molar-refractivity contribution in [2.24, 2.45) is 0 Å². The minimum absolute atomic E-state index is 0.0831. The van der Waals surface area contributed by atoms with E-state index in [1.165, 1.54) is 0 Å². The molecule has 136 valence electrons. The van der Waals surface area contributed by atoms with Gasteiger partial charge in [0.05, 0.1) is 6.67 Å². The van der Waals surface area contributed by atoms with Gasteiger partial charge in [-0.15, -0.1) is 0 Å². The average molecular weight is 370 g/mol. The third kappa shape index (κ3) is 3.66. The number of rotatable bonds is 5. The first-order chi connectivity index (χ1) is 12.4. The van der Waals surface area contributed by atoms with Crippen LogP contribution in [0.2, 0.25) is 0 Å². The Kier molecular flexibility index (Phi) is 5.15. The van der Waals surface area contributed by atoms with E-state index in [0.717, 1.165) is 23.5 Å². The van der Waals surface area contributed by atoms with Gasteiger partial charge >= 0.3 is 0 Å². The van der Waals surface area contributed by atoms with Crippen LogP contribution in [0.15, 0.2) is 30.3 Å². The van der Waals surface area contributed by atoms with Gasteiger partial charge in [0, 0.05) is 30.5 Å². The number of aryl methyl sites for hydroxylation is 2. The first kappa shape index (κ1) is 18.2. The first-order valence-electron chi connectivity index (χ1n) is 8.32. The van der Waals surface area contributed by atoms with Crippen molar-refractivity contribution in [2.75, 3.05) is 14.1 Å². The van der Waals surface area contributed by atoms with E-state index in [2.05, 4.69) is 20.2 Å². The number of hydrogen-bond donors (Lipinski definition) is 1. The van der Waals surface area contributed by atoms with Gasteiger partial charge in [-0.1, -0.05) is 12.1 Å². The number of nitrogens with zero attached hydrogens (tertiary/aromatic N) is 5. The van der Waals surface area contributed by atoms with E-state index in [1.807, 2.05) is 60.4 Å². The summed E-state index contributed by atoms with van der Waals surface area (Å²) in [5, 5.41) is 2.62. The van der Waals surface area contributed by atoms with E-state index in [1.54, 1.807) is 7.05 Å². The molecule has 1 aromatic carbocycles. The molecule has 2 aromatic heterocycles. The summed E-state index contributed by atoms with van der Waals surface area (Å²) in [4.78, 5) is 22.6. The molecular formula is C18H22N6OS. The van der Waals surface area contributed by atoms with Crippen molar-refractivity contribution in [3.63, 3.8) is 0 Å². The van der Waals surface area contributed by atoms with Crippen LogP contribution in [-0.2, 0) is 13.2 Å². The molecule has 0 spiro atoms. The van der Waals surface area contributed by atoms with Crippen molar-refractivity contribution in [3.8, 4) is 0 Å². The minimum Gasteiger partial charge on any atom is -0.355 e. The van der Waals surface area contributed by atoms with E-state index in [4.69, 9.17) is 12.2 Å². The van der Waals surface area contributed by atoms with Gasteiger partial charge in [-0.3, -0.25) is 9.69 Å². The molecule has 0 saturated heterocycles. The zero-order valence-corrected chi connectivity index (χ0v) is 16.2. The second-order valence-electron chi connectivity index (χ2n) is 6.38. The van der Waals surface area contributed by atoms with Crippen LogP contribution >= 0.6 is 12.2 Å². The quantitative estimate of drug-likeness (QED) is 0.698. The summed E-state index contributed by atoms with van der Waals surface area (Å²) in [6, 6.07) is 9.60. The highest BCUT2D eigenvalue weighted by Gasteiger charge is 2.11. The number of aromatic nitrogens is 4. The summed E-state index contributed by atoms with van der Waals surface area (Å²) in [6.45, 7) is 5.28. The normalized spacial score (nSPS) is 11.3. The Morgan fingerprint density at radius 3 is 2.58 bits per heavy atom. The van der Waals surface area contributed by atoms with Crippen LogP contribution in [-0.4, -0.2) is 44.1 Å². The third-order valence-corrected chi connectivity index (χ3v) is 4.45. The molecule has 0 unspecified atom stereocenters. The number of benzene rings is 1. The molecule has 0 aliphatic rings. The summed E-state index contributed by atoms with van der Waals surface area (Å²) >= 11 is 5.42. The minimum atomic E-state index is -0.0831. The van der Waals surface area contributed by atoms with Crippen LogP contribution in [0.4, 0.5) is 0 Å². The number of hydrogen-bond acceptors (Lipinski definition) is 5. The predicted octanol–water partition coefficient (Wildman–Crippen LogP) is 2.33. The molecule has 0 aliphatic heterocycles. The monoisotopic (exact) mass is 370 g/mol. The molecule has 26 heavy (non-hydrogen) atoms. The Bertz CT molecular complexity index is 1000. The Balaban J connectivity index is 1.79. The molecule has 1 N–H and O–H groups in total. The number of amides is 1. The lowest BCUT2D eigenvalue weighted by molar-refractivity contribution is 0.0963. The first-order valence-corrected chi connectivity index (χ1v) is 8.73. The van der Waals surface area contributed by atoms with Gasteiger partial charge in [0.2, 0.25) is 4.77 Å². The smallest absolute Gasteiger partial charge is 0.252 e. The molecule has 2 heterocycles. The molecule has 1 amide bonds. The Morgan fingerprint density at radius 1 is 1.23 bits per heavy atom. The summed E-state index contributed by atoms with van der Waals surface area (Å²) in [7, 11) is 3.65. The van der Waals surface area contributed by atoms with E-state index in [-0.39, 0.29) is 5.91 Å². The van der Waals surface area contributed by atoms with Gasteiger partial charge in [0.15, 0.2) is 0 Å². The Labute approximate surface area is 157 Å². The maximum Gasteiger partial charge on any atom is 0.252 e. The fraction of sp³-hybridized carbons (Fsp3) is 0.333. The molecule has 8 heteroatoms. The molecule has 0 saturated carbocycles. The Hall–Kier alpha value is -2.58. The fourth-order valence-electron chi connectivity index (χ4n) is 2.98.